The fraction of sp³-hybridized carbons (Fsp3) is 0.529. The SMILES string of the molecule is C[C@H]1C/C(=N/NC(=O)CNc2ccccc2)CC(C)(C)C1. The molecule has 1 amide bonds. The van der Waals surface area contributed by atoms with Crippen LogP contribution < -0.4 is 10.7 Å². The van der Waals surface area contributed by atoms with Crippen molar-refractivity contribution in [2.24, 2.45) is 16.4 Å². The molecular formula is C17H25N3O. The van der Waals surface area contributed by atoms with Crippen molar-refractivity contribution in [3.63, 3.8) is 0 Å². The van der Waals surface area contributed by atoms with E-state index < -0.39 is 0 Å². The molecule has 0 aromatic heterocycles. The number of hydrogen-bond acceptors (Lipinski definition) is 3. The first-order valence-electron chi connectivity index (χ1n) is 7.58. The minimum Gasteiger partial charge on any atom is -0.376 e. The number of carbonyl (C=O) groups is 1. The first-order chi connectivity index (χ1) is 9.94. The monoisotopic (exact) mass is 287 g/mol. The van der Waals surface area contributed by atoms with Gasteiger partial charge in [-0.2, -0.15) is 5.10 Å². The summed E-state index contributed by atoms with van der Waals surface area (Å²) >= 11 is 0. The molecule has 1 aliphatic rings. The van der Waals surface area contributed by atoms with E-state index in [0.29, 0.717) is 5.92 Å². The number of nitrogens with zero attached hydrogens (tertiary/aromatic N) is 1. The van der Waals surface area contributed by atoms with Crippen LogP contribution in [0, 0.1) is 11.3 Å². The molecule has 0 bridgehead atoms. The molecule has 1 aromatic carbocycles. The lowest BCUT2D eigenvalue weighted by atomic mass is 9.72. The van der Waals surface area contributed by atoms with Crippen molar-refractivity contribution in [1.82, 2.24) is 5.43 Å². The van der Waals surface area contributed by atoms with Gasteiger partial charge in [-0.1, -0.05) is 39.0 Å². The van der Waals surface area contributed by atoms with E-state index >= 15 is 0 Å². The number of amides is 1. The number of rotatable bonds is 4. The molecule has 0 saturated heterocycles. The highest BCUT2D eigenvalue weighted by atomic mass is 16.2. The number of anilines is 1. The average Bonchev–Trinajstić information content (AvgIpc) is 2.42. The van der Waals surface area contributed by atoms with Crippen LogP contribution in [0.15, 0.2) is 35.4 Å². The zero-order valence-electron chi connectivity index (χ0n) is 13.1. The second-order valence-corrected chi connectivity index (χ2v) is 6.79. The lowest BCUT2D eigenvalue weighted by molar-refractivity contribution is -0.119. The molecule has 1 atom stereocenters. The van der Waals surface area contributed by atoms with Crippen LogP contribution in [0.25, 0.3) is 0 Å². The molecule has 0 heterocycles. The number of benzene rings is 1. The number of hydrazone groups is 1. The first kappa shape index (κ1) is 15.5. The van der Waals surface area contributed by atoms with Gasteiger partial charge in [-0.15, -0.1) is 0 Å². The van der Waals surface area contributed by atoms with Crippen molar-refractivity contribution < 1.29 is 4.79 Å². The average molecular weight is 287 g/mol. The Bertz CT molecular complexity index is 508. The Balaban J connectivity index is 1.81. The third-order valence-corrected chi connectivity index (χ3v) is 3.73. The molecular weight excluding hydrogens is 262 g/mol. The van der Waals surface area contributed by atoms with E-state index in [-0.39, 0.29) is 17.9 Å². The van der Waals surface area contributed by atoms with Crippen LogP contribution in [0.5, 0.6) is 0 Å². The minimum absolute atomic E-state index is 0.109. The van der Waals surface area contributed by atoms with Gasteiger partial charge in [-0.25, -0.2) is 5.43 Å². The molecule has 1 aliphatic carbocycles. The summed E-state index contributed by atoms with van der Waals surface area (Å²) in [6, 6.07) is 9.69. The molecule has 2 rings (SSSR count). The van der Waals surface area contributed by atoms with Crippen LogP contribution in [0.1, 0.15) is 40.0 Å². The van der Waals surface area contributed by atoms with E-state index in [1.54, 1.807) is 0 Å². The summed E-state index contributed by atoms with van der Waals surface area (Å²) in [6.07, 6.45) is 3.16. The van der Waals surface area contributed by atoms with E-state index in [0.717, 1.165) is 24.2 Å². The van der Waals surface area contributed by atoms with Gasteiger partial charge < -0.3 is 5.32 Å². The van der Waals surface area contributed by atoms with E-state index in [4.69, 9.17) is 0 Å². The molecule has 0 spiro atoms. The van der Waals surface area contributed by atoms with Crippen LogP contribution in [0.3, 0.4) is 0 Å². The van der Waals surface area contributed by atoms with Gasteiger partial charge in [0.2, 0.25) is 0 Å². The Morgan fingerprint density at radius 1 is 1.33 bits per heavy atom. The highest BCUT2D eigenvalue weighted by molar-refractivity contribution is 5.88. The van der Waals surface area contributed by atoms with Crippen molar-refractivity contribution in [2.75, 3.05) is 11.9 Å². The fourth-order valence-electron chi connectivity index (χ4n) is 3.12. The zero-order valence-corrected chi connectivity index (χ0v) is 13.1. The summed E-state index contributed by atoms with van der Waals surface area (Å²) in [7, 11) is 0. The summed E-state index contributed by atoms with van der Waals surface area (Å²) < 4.78 is 0. The van der Waals surface area contributed by atoms with Gasteiger partial charge in [0.1, 0.15) is 0 Å². The van der Waals surface area contributed by atoms with E-state index in [1.807, 2.05) is 30.3 Å². The molecule has 2 N–H and O–H groups in total. The molecule has 4 nitrogen and oxygen atoms in total. The topological polar surface area (TPSA) is 53.5 Å². The summed E-state index contributed by atoms with van der Waals surface area (Å²) in [5.74, 6) is 0.522. The van der Waals surface area contributed by atoms with E-state index in [1.165, 1.54) is 6.42 Å². The van der Waals surface area contributed by atoms with Crippen molar-refractivity contribution >= 4 is 17.3 Å². The maximum Gasteiger partial charge on any atom is 0.259 e. The molecule has 0 aliphatic heterocycles. The number of carbonyl (C=O) groups excluding carboxylic acids is 1. The van der Waals surface area contributed by atoms with Gasteiger partial charge in [-0.3, -0.25) is 4.79 Å². The first-order valence-corrected chi connectivity index (χ1v) is 7.58. The summed E-state index contributed by atoms with van der Waals surface area (Å²) in [4.78, 5) is 11.8. The summed E-state index contributed by atoms with van der Waals surface area (Å²) in [6.45, 7) is 7.00. The lowest BCUT2D eigenvalue weighted by Crippen LogP contribution is -2.31. The quantitative estimate of drug-likeness (QED) is 0.834. The second kappa shape index (κ2) is 6.74. The largest absolute Gasteiger partial charge is 0.376 e. The smallest absolute Gasteiger partial charge is 0.259 e. The molecule has 114 valence electrons. The standard InChI is InChI=1S/C17H25N3O/c1-13-9-15(11-17(2,3)10-13)19-20-16(21)12-18-14-7-5-4-6-8-14/h4-8,13,18H,9-12H2,1-3H3,(H,20,21)/b19-15-/t13-/m0/s1. The Labute approximate surface area is 127 Å². The van der Waals surface area contributed by atoms with Gasteiger partial charge >= 0.3 is 0 Å². The maximum absolute atomic E-state index is 11.8. The van der Waals surface area contributed by atoms with Crippen LogP contribution in [0.4, 0.5) is 5.69 Å². The van der Waals surface area contributed by atoms with Crippen molar-refractivity contribution in [3.05, 3.63) is 30.3 Å². The van der Waals surface area contributed by atoms with Gasteiger partial charge in [0, 0.05) is 11.4 Å². The predicted octanol–water partition coefficient (Wildman–Crippen LogP) is 3.42. The van der Waals surface area contributed by atoms with Gasteiger partial charge in [-0.05, 0) is 42.7 Å². The highest BCUT2D eigenvalue weighted by Gasteiger charge is 2.29. The van der Waals surface area contributed by atoms with Crippen molar-refractivity contribution in [3.8, 4) is 0 Å². The third kappa shape index (κ3) is 5.21. The molecule has 4 heteroatoms. The fourth-order valence-corrected chi connectivity index (χ4v) is 3.12. The van der Waals surface area contributed by atoms with Crippen LogP contribution in [0.2, 0.25) is 0 Å². The number of nitrogens with one attached hydrogen (secondary N) is 2. The molecule has 1 saturated carbocycles. The summed E-state index contributed by atoms with van der Waals surface area (Å²) in [5, 5.41) is 7.39. The van der Waals surface area contributed by atoms with E-state index in [9.17, 15) is 4.79 Å². The molecule has 21 heavy (non-hydrogen) atoms. The lowest BCUT2D eigenvalue weighted by Gasteiger charge is -2.34. The molecule has 1 fully saturated rings. The van der Waals surface area contributed by atoms with Gasteiger partial charge in [0.25, 0.3) is 5.91 Å². The molecule has 0 radical (unpaired) electrons. The Hall–Kier alpha value is -1.84. The Kier molecular flexibility index (Phi) is 4.99. The van der Waals surface area contributed by atoms with Gasteiger partial charge in [0.15, 0.2) is 0 Å². The van der Waals surface area contributed by atoms with Crippen molar-refractivity contribution in [2.45, 2.75) is 40.0 Å². The van der Waals surface area contributed by atoms with Crippen molar-refractivity contribution in [1.29, 1.82) is 0 Å². The minimum atomic E-state index is -0.109. The van der Waals surface area contributed by atoms with Crippen LogP contribution >= 0.6 is 0 Å². The highest BCUT2D eigenvalue weighted by Crippen LogP contribution is 2.36. The van der Waals surface area contributed by atoms with E-state index in [2.05, 4.69) is 36.6 Å². The third-order valence-electron chi connectivity index (χ3n) is 3.73. The molecule has 0 unspecified atom stereocenters. The normalized spacial score (nSPS) is 22.8. The van der Waals surface area contributed by atoms with Gasteiger partial charge in [0.05, 0.1) is 6.54 Å². The van der Waals surface area contributed by atoms with Crippen LogP contribution in [-0.2, 0) is 4.79 Å². The second-order valence-electron chi connectivity index (χ2n) is 6.79. The van der Waals surface area contributed by atoms with Crippen LogP contribution in [-0.4, -0.2) is 18.2 Å². The Morgan fingerprint density at radius 2 is 2.05 bits per heavy atom. The summed E-state index contributed by atoms with van der Waals surface area (Å²) in [5.41, 5.74) is 4.99. The molecule has 1 aromatic rings. The zero-order chi connectivity index (χ0) is 15.3. The number of hydrogen-bond donors (Lipinski definition) is 2. The Morgan fingerprint density at radius 3 is 2.71 bits per heavy atom. The predicted molar refractivity (Wildman–Crippen MR) is 87.3 cm³/mol. The number of para-hydroxylation sites is 1. The maximum atomic E-state index is 11.8.